The molecule has 0 radical (unpaired) electrons. The van der Waals surface area contributed by atoms with E-state index < -0.39 is 18.6 Å². The molecule has 1 heterocycles. The fourth-order valence-corrected chi connectivity index (χ4v) is 6.52. The van der Waals surface area contributed by atoms with Gasteiger partial charge in [0.05, 0.1) is 15.9 Å². The van der Waals surface area contributed by atoms with E-state index in [-0.39, 0.29) is 4.90 Å². The Labute approximate surface area is 183 Å². The minimum atomic E-state index is -2.68. The molecule has 0 amide bonds. The summed E-state index contributed by atoms with van der Waals surface area (Å²) in [7, 11) is -3.36. The molecule has 0 aliphatic rings. The van der Waals surface area contributed by atoms with Crippen molar-refractivity contribution in [1.29, 1.82) is 0 Å². The van der Waals surface area contributed by atoms with Crippen LogP contribution in [0.2, 0.25) is 0 Å². The first kappa shape index (κ1) is 19.7. The Balaban J connectivity index is 1.56. The molecular formula is C25H19N2O2PS. The van der Waals surface area contributed by atoms with Crippen LogP contribution in [-0.2, 0) is 10.7 Å². The minimum Gasteiger partial charge on any atom is -0.337 e. The van der Waals surface area contributed by atoms with Crippen LogP contribution in [0.25, 0.3) is 22.4 Å². The molecule has 152 valence electrons. The lowest BCUT2D eigenvalue weighted by molar-refractivity contribution is 0.615. The lowest BCUT2D eigenvalue weighted by Crippen LogP contribution is -2.20. The standard InChI is InChI=1S/C25H19N2O2PS/c28-31(29)23-13-7-12-22-24(23)27-25(26-22)18-14-16-21(17-15-18)30(19-8-3-1-4-9-19)20-10-5-2-6-11-20/h1-17,31H,(H,26,27). The third-order valence-electron chi connectivity index (χ3n) is 5.12. The Morgan fingerprint density at radius 1 is 0.645 bits per heavy atom. The zero-order valence-electron chi connectivity index (χ0n) is 16.5. The highest BCUT2D eigenvalue weighted by atomic mass is 32.2. The van der Waals surface area contributed by atoms with E-state index in [0.29, 0.717) is 16.9 Å². The van der Waals surface area contributed by atoms with E-state index in [1.807, 2.05) is 30.3 Å². The molecule has 0 aliphatic heterocycles. The Kier molecular flexibility index (Phi) is 5.37. The van der Waals surface area contributed by atoms with E-state index in [1.54, 1.807) is 12.1 Å². The summed E-state index contributed by atoms with van der Waals surface area (Å²) < 4.78 is 23.1. The van der Waals surface area contributed by atoms with Crippen LogP contribution >= 0.6 is 7.92 Å². The summed E-state index contributed by atoms with van der Waals surface area (Å²) in [5.41, 5.74) is 2.11. The second kappa shape index (κ2) is 8.46. The first-order valence-electron chi connectivity index (χ1n) is 9.84. The lowest BCUT2D eigenvalue weighted by atomic mass is 10.2. The highest BCUT2D eigenvalue weighted by Gasteiger charge is 2.17. The number of para-hydroxylation sites is 1. The molecule has 0 saturated heterocycles. The van der Waals surface area contributed by atoms with Gasteiger partial charge in [-0.15, -0.1) is 0 Å². The summed E-state index contributed by atoms with van der Waals surface area (Å²) >= 11 is 0. The number of hydrogen-bond donors (Lipinski definition) is 2. The van der Waals surface area contributed by atoms with Crippen molar-refractivity contribution < 1.29 is 8.42 Å². The number of fused-ring (bicyclic) bond motifs is 1. The quantitative estimate of drug-likeness (QED) is 0.320. The van der Waals surface area contributed by atoms with Gasteiger partial charge in [-0.2, -0.15) is 0 Å². The average Bonchev–Trinajstić information content (AvgIpc) is 3.25. The minimum absolute atomic E-state index is 0.263. The second-order valence-corrected chi connectivity index (χ2v) is 10.3. The van der Waals surface area contributed by atoms with Gasteiger partial charge in [0.25, 0.3) is 0 Å². The van der Waals surface area contributed by atoms with Crippen molar-refractivity contribution in [3.05, 3.63) is 103 Å². The summed E-state index contributed by atoms with van der Waals surface area (Å²) in [5.74, 6) is 0.662. The van der Waals surface area contributed by atoms with Crippen molar-refractivity contribution in [2.24, 2.45) is 0 Å². The second-order valence-electron chi connectivity index (χ2n) is 7.07. The maximum absolute atomic E-state index is 11.5. The van der Waals surface area contributed by atoms with E-state index in [4.69, 9.17) is 0 Å². The van der Waals surface area contributed by atoms with Crippen LogP contribution in [0.5, 0.6) is 0 Å². The van der Waals surface area contributed by atoms with Crippen molar-refractivity contribution in [2.75, 3.05) is 0 Å². The van der Waals surface area contributed by atoms with Gasteiger partial charge in [0.15, 0.2) is 10.7 Å². The molecule has 4 nitrogen and oxygen atoms in total. The van der Waals surface area contributed by atoms with E-state index in [0.717, 1.165) is 5.56 Å². The summed E-state index contributed by atoms with van der Waals surface area (Å²) in [4.78, 5) is 8.05. The molecule has 4 aromatic carbocycles. The molecule has 5 aromatic rings. The Bertz CT molecular complexity index is 1370. The number of nitrogens with one attached hydrogen (secondary N) is 1. The van der Waals surface area contributed by atoms with Crippen molar-refractivity contribution in [1.82, 2.24) is 9.97 Å². The van der Waals surface area contributed by atoms with Crippen LogP contribution in [0, 0.1) is 0 Å². The molecule has 0 unspecified atom stereocenters. The van der Waals surface area contributed by atoms with Crippen LogP contribution in [0.1, 0.15) is 0 Å². The summed E-state index contributed by atoms with van der Waals surface area (Å²) in [5, 5.41) is 3.84. The monoisotopic (exact) mass is 442 g/mol. The van der Waals surface area contributed by atoms with Crippen molar-refractivity contribution in [2.45, 2.75) is 4.90 Å². The van der Waals surface area contributed by atoms with Crippen LogP contribution in [0.15, 0.2) is 108 Å². The number of nitrogens with zero attached hydrogens (tertiary/aromatic N) is 1. The van der Waals surface area contributed by atoms with Crippen LogP contribution < -0.4 is 15.9 Å². The number of H-pyrrole nitrogens is 1. The number of benzene rings is 4. The average molecular weight is 442 g/mol. The van der Waals surface area contributed by atoms with Crippen LogP contribution in [-0.4, -0.2) is 18.4 Å². The van der Waals surface area contributed by atoms with E-state index in [9.17, 15) is 8.42 Å². The summed E-state index contributed by atoms with van der Waals surface area (Å²) in [6.45, 7) is 0. The molecule has 0 saturated carbocycles. The molecule has 0 spiro atoms. The SMILES string of the molecule is O=[SH](=O)c1cccc2nc(-c3ccc(P(c4ccccc4)c4ccccc4)cc3)[nH]c12. The van der Waals surface area contributed by atoms with Crippen molar-refractivity contribution >= 4 is 45.6 Å². The Morgan fingerprint density at radius 2 is 1.23 bits per heavy atom. The highest BCUT2D eigenvalue weighted by Crippen LogP contribution is 2.33. The zero-order valence-corrected chi connectivity index (χ0v) is 18.3. The maximum Gasteiger partial charge on any atom is 0.170 e. The third-order valence-corrected chi connectivity index (χ3v) is 8.33. The molecule has 6 heteroatoms. The summed E-state index contributed by atoms with van der Waals surface area (Å²) in [6, 6.07) is 34.6. The molecule has 0 bridgehead atoms. The zero-order chi connectivity index (χ0) is 21.2. The van der Waals surface area contributed by atoms with Gasteiger partial charge in [-0.05, 0) is 36.0 Å². The van der Waals surface area contributed by atoms with E-state index in [1.165, 1.54) is 15.9 Å². The fourth-order valence-electron chi connectivity index (χ4n) is 3.67. The van der Waals surface area contributed by atoms with Gasteiger partial charge < -0.3 is 4.98 Å². The first-order chi connectivity index (χ1) is 15.2. The molecule has 31 heavy (non-hydrogen) atoms. The van der Waals surface area contributed by atoms with Gasteiger partial charge in [-0.3, -0.25) is 0 Å². The number of thiol groups is 1. The largest absolute Gasteiger partial charge is 0.337 e. The van der Waals surface area contributed by atoms with Crippen LogP contribution in [0.4, 0.5) is 0 Å². The van der Waals surface area contributed by atoms with Gasteiger partial charge >= 0.3 is 0 Å². The van der Waals surface area contributed by atoms with Crippen LogP contribution in [0.3, 0.4) is 0 Å². The van der Waals surface area contributed by atoms with Gasteiger partial charge in [-0.1, -0.05) is 91.0 Å². The topological polar surface area (TPSA) is 62.8 Å². The number of aromatic nitrogens is 2. The molecule has 0 fully saturated rings. The van der Waals surface area contributed by atoms with Gasteiger partial charge in [0.2, 0.25) is 0 Å². The van der Waals surface area contributed by atoms with E-state index in [2.05, 4.69) is 70.6 Å². The van der Waals surface area contributed by atoms with Gasteiger partial charge in [0, 0.05) is 5.56 Å². The number of hydrogen-bond acceptors (Lipinski definition) is 3. The molecule has 0 atom stereocenters. The van der Waals surface area contributed by atoms with Gasteiger partial charge in [-0.25, -0.2) is 13.4 Å². The number of rotatable bonds is 5. The first-order valence-corrected chi connectivity index (χ1v) is 12.4. The number of imidazole rings is 1. The third kappa shape index (κ3) is 3.90. The predicted octanol–water partition coefficient (Wildman–Crippen LogP) is 3.96. The Morgan fingerprint density at radius 3 is 1.81 bits per heavy atom. The Hall–Kier alpha value is -3.27. The summed E-state index contributed by atoms with van der Waals surface area (Å²) in [6.07, 6.45) is 0. The smallest absolute Gasteiger partial charge is 0.170 e. The molecular weight excluding hydrogens is 423 g/mol. The fraction of sp³-hybridized carbons (Fsp3) is 0. The predicted molar refractivity (Wildman–Crippen MR) is 129 cm³/mol. The lowest BCUT2D eigenvalue weighted by Gasteiger charge is -2.19. The molecule has 1 aromatic heterocycles. The number of aromatic amines is 1. The molecule has 1 N–H and O–H groups in total. The van der Waals surface area contributed by atoms with Crippen molar-refractivity contribution in [3.63, 3.8) is 0 Å². The van der Waals surface area contributed by atoms with Gasteiger partial charge in [0.1, 0.15) is 5.82 Å². The van der Waals surface area contributed by atoms with E-state index >= 15 is 0 Å². The molecule has 0 aliphatic carbocycles. The normalized spacial score (nSPS) is 11.4. The highest BCUT2D eigenvalue weighted by molar-refractivity contribution is 7.79. The van der Waals surface area contributed by atoms with Crippen molar-refractivity contribution in [3.8, 4) is 11.4 Å². The maximum atomic E-state index is 11.5. The molecule has 5 rings (SSSR count).